The first kappa shape index (κ1) is 15.6. The standard InChI is InChI=1S/C15H20Cl2N2O/c16-12-6-5-11(9-13(12)17)19-14(20)15(10-18)7-3-1-2-4-8-15/h5-6,9H,1-4,7-8,10,18H2,(H,19,20). The van der Waals surface area contributed by atoms with Gasteiger partial charge in [0.2, 0.25) is 5.91 Å². The fraction of sp³-hybridized carbons (Fsp3) is 0.533. The first-order valence-corrected chi connectivity index (χ1v) is 7.79. The van der Waals surface area contributed by atoms with Crippen LogP contribution in [0.25, 0.3) is 0 Å². The maximum Gasteiger partial charge on any atom is 0.231 e. The Morgan fingerprint density at radius 1 is 1.15 bits per heavy atom. The Bertz CT molecular complexity index is 483. The average Bonchev–Trinajstić information content (AvgIpc) is 2.69. The van der Waals surface area contributed by atoms with Gasteiger partial charge in [0.05, 0.1) is 15.5 Å². The molecule has 2 rings (SSSR count). The highest BCUT2D eigenvalue weighted by Crippen LogP contribution is 2.35. The summed E-state index contributed by atoms with van der Waals surface area (Å²) in [5.41, 5.74) is 6.13. The minimum atomic E-state index is -0.442. The molecule has 0 spiro atoms. The van der Waals surface area contributed by atoms with Crippen molar-refractivity contribution in [2.45, 2.75) is 38.5 Å². The van der Waals surface area contributed by atoms with Crippen LogP contribution in [0.1, 0.15) is 38.5 Å². The molecule has 0 atom stereocenters. The van der Waals surface area contributed by atoms with Gasteiger partial charge in [-0.25, -0.2) is 0 Å². The van der Waals surface area contributed by atoms with Crippen molar-refractivity contribution in [1.82, 2.24) is 0 Å². The zero-order valence-electron chi connectivity index (χ0n) is 11.4. The molecule has 5 heteroatoms. The summed E-state index contributed by atoms with van der Waals surface area (Å²) in [5, 5.41) is 3.85. The van der Waals surface area contributed by atoms with Gasteiger partial charge in [0, 0.05) is 12.2 Å². The second-order valence-electron chi connectivity index (χ2n) is 5.48. The summed E-state index contributed by atoms with van der Waals surface area (Å²) in [6, 6.07) is 5.11. The van der Waals surface area contributed by atoms with E-state index >= 15 is 0 Å². The highest BCUT2D eigenvalue weighted by molar-refractivity contribution is 6.42. The molecule has 0 radical (unpaired) electrons. The summed E-state index contributed by atoms with van der Waals surface area (Å²) >= 11 is 11.8. The Balaban J connectivity index is 2.14. The van der Waals surface area contributed by atoms with E-state index in [1.54, 1.807) is 18.2 Å². The third-order valence-corrected chi connectivity index (χ3v) is 4.85. The molecule has 1 fully saturated rings. The van der Waals surface area contributed by atoms with Crippen LogP contribution in [0.3, 0.4) is 0 Å². The molecule has 3 N–H and O–H groups in total. The van der Waals surface area contributed by atoms with Crippen molar-refractivity contribution in [2.75, 3.05) is 11.9 Å². The summed E-state index contributed by atoms with van der Waals surface area (Å²) in [7, 11) is 0. The van der Waals surface area contributed by atoms with Gasteiger partial charge in [-0.2, -0.15) is 0 Å². The minimum absolute atomic E-state index is 0.000268. The van der Waals surface area contributed by atoms with E-state index in [0.29, 0.717) is 22.3 Å². The molecule has 110 valence electrons. The van der Waals surface area contributed by atoms with Crippen molar-refractivity contribution < 1.29 is 4.79 Å². The van der Waals surface area contributed by atoms with E-state index in [1.165, 1.54) is 12.8 Å². The molecule has 1 amide bonds. The molecule has 0 aromatic heterocycles. The van der Waals surface area contributed by atoms with Crippen LogP contribution in [-0.2, 0) is 4.79 Å². The first-order chi connectivity index (χ1) is 9.57. The highest BCUT2D eigenvalue weighted by Gasteiger charge is 2.37. The average molecular weight is 315 g/mol. The van der Waals surface area contributed by atoms with Crippen LogP contribution < -0.4 is 11.1 Å². The van der Waals surface area contributed by atoms with Crippen molar-refractivity contribution in [3.05, 3.63) is 28.2 Å². The number of hydrogen-bond acceptors (Lipinski definition) is 2. The molecule has 1 aliphatic rings. The Morgan fingerprint density at radius 3 is 2.35 bits per heavy atom. The number of benzene rings is 1. The van der Waals surface area contributed by atoms with Crippen LogP contribution in [-0.4, -0.2) is 12.5 Å². The molecule has 1 saturated carbocycles. The van der Waals surface area contributed by atoms with Gasteiger partial charge in [-0.3, -0.25) is 4.79 Å². The second-order valence-corrected chi connectivity index (χ2v) is 6.30. The van der Waals surface area contributed by atoms with Crippen LogP contribution in [0.2, 0.25) is 10.0 Å². The Hall–Kier alpha value is -0.770. The number of nitrogens with two attached hydrogens (primary N) is 1. The summed E-state index contributed by atoms with van der Waals surface area (Å²) in [4.78, 5) is 12.6. The van der Waals surface area contributed by atoms with Gasteiger partial charge in [0.1, 0.15) is 0 Å². The van der Waals surface area contributed by atoms with E-state index in [-0.39, 0.29) is 5.91 Å². The van der Waals surface area contributed by atoms with Crippen molar-refractivity contribution in [2.24, 2.45) is 11.1 Å². The number of anilines is 1. The normalized spacial score (nSPS) is 18.4. The predicted molar refractivity (Wildman–Crippen MR) is 84.3 cm³/mol. The lowest BCUT2D eigenvalue weighted by atomic mass is 9.79. The van der Waals surface area contributed by atoms with Gasteiger partial charge in [-0.15, -0.1) is 0 Å². The van der Waals surface area contributed by atoms with Gasteiger partial charge >= 0.3 is 0 Å². The Labute approximate surface area is 129 Å². The van der Waals surface area contributed by atoms with Crippen LogP contribution in [0.4, 0.5) is 5.69 Å². The predicted octanol–water partition coefficient (Wildman–Crippen LogP) is 4.23. The molecule has 0 heterocycles. The Morgan fingerprint density at radius 2 is 1.80 bits per heavy atom. The van der Waals surface area contributed by atoms with Gasteiger partial charge in [0.25, 0.3) is 0 Å². The molecule has 1 aromatic rings. The molecule has 0 aliphatic heterocycles. The maximum atomic E-state index is 12.6. The monoisotopic (exact) mass is 314 g/mol. The number of halogens is 2. The fourth-order valence-electron chi connectivity index (χ4n) is 2.77. The number of carbonyl (C=O) groups is 1. The van der Waals surface area contributed by atoms with Crippen molar-refractivity contribution >= 4 is 34.8 Å². The van der Waals surface area contributed by atoms with Crippen molar-refractivity contribution in [3.8, 4) is 0 Å². The molecule has 0 unspecified atom stereocenters. The summed E-state index contributed by atoms with van der Waals surface area (Å²) in [5.74, 6) is 0.000268. The SMILES string of the molecule is NCC1(C(=O)Nc2ccc(Cl)c(Cl)c2)CCCCCC1. The summed E-state index contributed by atoms with van der Waals surface area (Å²) in [6.45, 7) is 0.389. The fourth-order valence-corrected chi connectivity index (χ4v) is 3.06. The van der Waals surface area contributed by atoms with Crippen molar-refractivity contribution in [3.63, 3.8) is 0 Å². The number of nitrogens with one attached hydrogen (secondary N) is 1. The lowest BCUT2D eigenvalue weighted by molar-refractivity contribution is -0.125. The molecular formula is C15H20Cl2N2O. The van der Waals surface area contributed by atoms with Gasteiger partial charge in [-0.1, -0.05) is 48.9 Å². The third kappa shape index (κ3) is 3.46. The van der Waals surface area contributed by atoms with Crippen LogP contribution in [0, 0.1) is 5.41 Å². The van der Waals surface area contributed by atoms with Crippen LogP contribution in [0.15, 0.2) is 18.2 Å². The van der Waals surface area contributed by atoms with E-state index in [4.69, 9.17) is 28.9 Å². The topological polar surface area (TPSA) is 55.1 Å². The number of hydrogen-bond donors (Lipinski definition) is 2. The second kappa shape index (κ2) is 6.79. The smallest absolute Gasteiger partial charge is 0.231 e. The maximum absolute atomic E-state index is 12.6. The summed E-state index contributed by atoms with van der Waals surface area (Å²) < 4.78 is 0. The van der Waals surface area contributed by atoms with Crippen LogP contribution >= 0.6 is 23.2 Å². The van der Waals surface area contributed by atoms with Gasteiger partial charge in [0.15, 0.2) is 0 Å². The van der Waals surface area contributed by atoms with Crippen LogP contribution in [0.5, 0.6) is 0 Å². The molecule has 1 aromatic carbocycles. The molecule has 0 bridgehead atoms. The van der Waals surface area contributed by atoms with Gasteiger partial charge < -0.3 is 11.1 Å². The Kier molecular flexibility index (Phi) is 5.30. The highest BCUT2D eigenvalue weighted by atomic mass is 35.5. The van der Waals surface area contributed by atoms with E-state index in [2.05, 4.69) is 5.32 Å². The molecule has 20 heavy (non-hydrogen) atoms. The molecule has 1 aliphatic carbocycles. The van der Waals surface area contributed by atoms with E-state index in [1.807, 2.05) is 0 Å². The van der Waals surface area contributed by atoms with Crippen molar-refractivity contribution in [1.29, 1.82) is 0 Å². The molecular weight excluding hydrogens is 295 g/mol. The quantitative estimate of drug-likeness (QED) is 0.820. The van der Waals surface area contributed by atoms with E-state index in [9.17, 15) is 4.79 Å². The zero-order chi connectivity index (χ0) is 14.6. The van der Waals surface area contributed by atoms with E-state index < -0.39 is 5.41 Å². The molecule has 3 nitrogen and oxygen atoms in total. The number of amides is 1. The zero-order valence-corrected chi connectivity index (χ0v) is 12.9. The third-order valence-electron chi connectivity index (χ3n) is 4.11. The first-order valence-electron chi connectivity index (χ1n) is 7.04. The lowest BCUT2D eigenvalue weighted by Gasteiger charge is -2.29. The largest absolute Gasteiger partial charge is 0.329 e. The lowest BCUT2D eigenvalue weighted by Crippen LogP contribution is -2.42. The molecule has 0 saturated heterocycles. The summed E-state index contributed by atoms with van der Waals surface area (Å²) in [6.07, 6.45) is 6.20. The minimum Gasteiger partial charge on any atom is -0.329 e. The number of rotatable bonds is 3. The van der Waals surface area contributed by atoms with Gasteiger partial charge in [-0.05, 0) is 31.0 Å². The van der Waals surface area contributed by atoms with E-state index in [0.717, 1.165) is 25.7 Å². The number of carbonyl (C=O) groups excluding carboxylic acids is 1.